The van der Waals surface area contributed by atoms with Gasteiger partial charge in [-0.25, -0.2) is 0 Å². The van der Waals surface area contributed by atoms with Crippen LogP contribution in [0.3, 0.4) is 0 Å². The second kappa shape index (κ2) is 10.0. The number of hydrogen-bond donors (Lipinski definition) is 0. The van der Waals surface area contributed by atoms with Crippen molar-refractivity contribution in [3.05, 3.63) is 75.0 Å². The zero-order chi connectivity index (χ0) is 22.5. The normalized spacial score (nSPS) is 10.8. The molecule has 0 N–H and O–H groups in total. The van der Waals surface area contributed by atoms with Crippen molar-refractivity contribution in [3.63, 3.8) is 0 Å². The van der Waals surface area contributed by atoms with Crippen molar-refractivity contribution in [1.82, 2.24) is 14.7 Å². The molecule has 0 fully saturated rings. The van der Waals surface area contributed by atoms with Crippen LogP contribution in [0.2, 0.25) is 0 Å². The molecule has 2 aromatic carbocycles. The predicted molar refractivity (Wildman–Crippen MR) is 125 cm³/mol. The molecular weight excluding hydrogens is 458 g/mol. The number of carbonyl (C=O) groups excluding carboxylic acids is 1. The molecule has 1 heterocycles. The molecule has 31 heavy (non-hydrogen) atoms. The van der Waals surface area contributed by atoms with E-state index >= 15 is 0 Å². The predicted octanol–water partition coefficient (Wildman–Crippen LogP) is 5.14. The molecule has 7 heteroatoms. The van der Waals surface area contributed by atoms with Crippen LogP contribution in [0.15, 0.2) is 47.1 Å². The lowest BCUT2D eigenvalue weighted by Gasteiger charge is -2.18. The van der Waals surface area contributed by atoms with E-state index in [1.54, 1.807) is 25.1 Å². The highest BCUT2D eigenvalue weighted by atomic mass is 79.9. The first-order chi connectivity index (χ1) is 14.8. The molecule has 1 aromatic heterocycles. The molecule has 164 valence electrons. The van der Waals surface area contributed by atoms with Crippen molar-refractivity contribution in [2.24, 2.45) is 0 Å². The molecule has 0 unspecified atom stereocenters. The van der Waals surface area contributed by atoms with Crippen molar-refractivity contribution in [1.29, 1.82) is 0 Å². The van der Waals surface area contributed by atoms with Crippen LogP contribution >= 0.6 is 15.9 Å². The van der Waals surface area contributed by atoms with Gasteiger partial charge in [-0.15, -0.1) is 0 Å². The number of aromatic nitrogens is 2. The number of ether oxygens (including phenoxy) is 2. The fourth-order valence-electron chi connectivity index (χ4n) is 3.27. The summed E-state index contributed by atoms with van der Waals surface area (Å²) in [5.74, 6) is 1.43. The van der Waals surface area contributed by atoms with Gasteiger partial charge in [0.25, 0.3) is 5.91 Å². The van der Waals surface area contributed by atoms with Gasteiger partial charge in [0.1, 0.15) is 18.1 Å². The van der Waals surface area contributed by atoms with Crippen LogP contribution in [0.5, 0.6) is 11.5 Å². The van der Waals surface area contributed by atoms with Gasteiger partial charge in [0.05, 0.1) is 23.8 Å². The minimum atomic E-state index is -0.0893. The number of methoxy groups -OCH3 is 1. The van der Waals surface area contributed by atoms with Gasteiger partial charge >= 0.3 is 0 Å². The summed E-state index contributed by atoms with van der Waals surface area (Å²) in [6.45, 7) is 7.57. The molecule has 0 spiro atoms. The number of rotatable bonds is 8. The minimum absolute atomic E-state index is 0.0893. The maximum absolute atomic E-state index is 13.1. The Morgan fingerprint density at radius 2 is 1.94 bits per heavy atom. The van der Waals surface area contributed by atoms with Crippen LogP contribution in [-0.2, 0) is 19.7 Å². The van der Waals surface area contributed by atoms with Crippen LogP contribution in [-0.4, -0.2) is 34.7 Å². The van der Waals surface area contributed by atoms with E-state index in [4.69, 9.17) is 9.47 Å². The lowest BCUT2D eigenvalue weighted by molar-refractivity contribution is 0.0782. The number of carbonyl (C=O) groups is 1. The fraction of sp³-hybridized carbons (Fsp3) is 0.333. The molecule has 0 saturated carbocycles. The van der Waals surface area contributed by atoms with Gasteiger partial charge < -0.3 is 14.4 Å². The van der Waals surface area contributed by atoms with Crippen molar-refractivity contribution >= 4 is 21.8 Å². The quantitative estimate of drug-likeness (QED) is 0.443. The topological polar surface area (TPSA) is 56.6 Å². The van der Waals surface area contributed by atoms with Crippen LogP contribution in [0.1, 0.15) is 39.7 Å². The summed E-state index contributed by atoms with van der Waals surface area (Å²) in [7, 11) is 3.39. The van der Waals surface area contributed by atoms with Crippen LogP contribution < -0.4 is 9.47 Å². The Balaban J connectivity index is 1.77. The second-order valence-corrected chi connectivity index (χ2v) is 8.38. The highest BCUT2D eigenvalue weighted by Gasteiger charge is 2.17. The first-order valence-electron chi connectivity index (χ1n) is 10.2. The molecule has 0 saturated heterocycles. The SMILES string of the molecule is CCn1cc(Br)c(CN(C)C(=O)c2ccc(OC)c(COc3cc(C)ccc3C)c2)n1. The highest BCUT2D eigenvalue weighted by molar-refractivity contribution is 9.10. The molecule has 0 bridgehead atoms. The van der Waals surface area contributed by atoms with E-state index in [-0.39, 0.29) is 5.91 Å². The molecule has 0 aliphatic heterocycles. The summed E-state index contributed by atoms with van der Waals surface area (Å²) >= 11 is 3.52. The van der Waals surface area contributed by atoms with Crippen LogP contribution in [0.25, 0.3) is 0 Å². The minimum Gasteiger partial charge on any atom is -0.496 e. The first kappa shape index (κ1) is 22.9. The van der Waals surface area contributed by atoms with Gasteiger partial charge in [0.2, 0.25) is 0 Å². The monoisotopic (exact) mass is 485 g/mol. The molecule has 3 aromatic rings. The fourth-order valence-corrected chi connectivity index (χ4v) is 3.71. The van der Waals surface area contributed by atoms with Crippen molar-refractivity contribution in [3.8, 4) is 11.5 Å². The third kappa shape index (κ3) is 5.47. The average Bonchev–Trinajstić information content (AvgIpc) is 3.12. The summed E-state index contributed by atoms with van der Waals surface area (Å²) < 4.78 is 14.3. The molecule has 0 aliphatic carbocycles. The summed E-state index contributed by atoms with van der Waals surface area (Å²) in [6, 6.07) is 11.5. The van der Waals surface area contributed by atoms with Gasteiger partial charge in [-0.05, 0) is 72.1 Å². The maximum atomic E-state index is 13.1. The van der Waals surface area contributed by atoms with E-state index in [2.05, 4.69) is 27.1 Å². The smallest absolute Gasteiger partial charge is 0.253 e. The third-order valence-corrected chi connectivity index (χ3v) is 5.76. The van der Waals surface area contributed by atoms with E-state index in [0.29, 0.717) is 24.5 Å². The zero-order valence-corrected chi connectivity index (χ0v) is 20.2. The van der Waals surface area contributed by atoms with E-state index in [0.717, 1.165) is 39.2 Å². The van der Waals surface area contributed by atoms with Gasteiger partial charge in [-0.1, -0.05) is 12.1 Å². The van der Waals surface area contributed by atoms with E-state index in [9.17, 15) is 4.79 Å². The Labute approximate surface area is 191 Å². The van der Waals surface area contributed by atoms with Crippen molar-refractivity contribution < 1.29 is 14.3 Å². The van der Waals surface area contributed by atoms with E-state index < -0.39 is 0 Å². The first-order valence-corrected chi connectivity index (χ1v) is 11.0. The Morgan fingerprint density at radius 1 is 1.16 bits per heavy atom. The standard InChI is InChI=1S/C24H28BrN3O3/c1-6-28-13-20(25)21(26-28)14-27(4)24(29)18-9-10-22(30-5)19(12-18)15-31-23-11-16(2)7-8-17(23)3/h7-13H,6,14-15H2,1-5H3. The van der Waals surface area contributed by atoms with Crippen molar-refractivity contribution in [2.75, 3.05) is 14.2 Å². The lowest BCUT2D eigenvalue weighted by atomic mass is 10.1. The van der Waals surface area contributed by atoms with Gasteiger partial charge in [0, 0.05) is 30.9 Å². The molecule has 0 atom stereocenters. The molecule has 0 aliphatic rings. The third-order valence-electron chi connectivity index (χ3n) is 5.10. The number of aryl methyl sites for hydroxylation is 3. The summed E-state index contributed by atoms with van der Waals surface area (Å²) in [5.41, 5.74) is 4.42. The second-order valence-electron chi connectivity index (χ2n) is 7.52. The Kier molecular flexibility index (Phi) is 7.38. The highest BCUT2D eigenvalue weighted by Crippen LogP contribution is 2.26. The molecule has 1 amide bonds. The largest absolute Gasteiger partial charge is 0.496 e. The Morgan fingerprint density at radius 3 is 2.61 bits per heavy atom. The molecule has 6 nitrogen and oxygen atoms in total. The Hall–Kier alpha value is -2.80. The Bertz CT molecular complexity index is 1080. The van der Waals surface area contributed by atoms with Crippen LogP contribution in [0, 0.1) is 13.8 Å². The van der Waals surface area contributed by atoms with Crippen LogP contribution in [0.4, 0.5) is 0 Å². The van der Waals surface area contributed by atoms with E-state index in [1.807, 2.05) is 55.9 Å². The summed E-state index contributed by atoms with van der Waals surface area (Å²) in [6.07, 6.45) is 1.92. The van der Waals surface area contributed by atoms with Gasteiger partial charge in [0.15, 0.2) is 0 Å². The zero-order valence-electron chi connectivity index (χ0n) is 18.6. The number of nitrogens with zero attached hydrogens (tertiary/aromatic N) is 3. The van der Waals surface area contributed by atoms with Crippen molar-refractivity contribution in [2.45, 2.75) is 40.5 Å². The summed E-state index contributed by atoms with van der Waals surface area (Å²) in [4.78, 5) is 14.7. The lowest BCUT2D eigenvalue weighted by Crippen LogP contribution is -2.26. The number of benzene rings is 2. The van der Waals surface area contributed by atoms with Gasteiger partial charge in [-0.3, -0.25) is 9.48 Å². The van der Waals surface area contributed by atoms with Gasteiger partial charge in [-0.2, -0.15) is 5.10 Å². The average molecular weight is 486 g/mol. The number of hydrogen-bond acceptors (Lipinski definition) is 4. The van der Waals surface area contributed by atoms with E-state index in [1.165, 1.54) is 0 Å². The molecule has 3 rings (SSSR count). The number of halogens is 1. The summed E-state index contributed by atoms with van der Waals surface area (Å²) in [5, 5.41) is 4.50. The maximum Gasteiger partial charge on any atom is 0.253 e. The number of amides is 1. The molecule has 0 radical (unpaired) electrons. The molecular formula is C24H28BrN3O3.